The molecule has 118 valence electrons. The average Bonchev–Trinajstić information content (AvgIpc) is 2.94. The molecule has 0 spiro atoms. The molecule has 1 fully saturated rings. The van der Waals surface area contributed by atoms with Crippen molar-refractivity contribution in [2.45, 2.75) is 46.6 Å². The Balaban J connectivity index is 1.89. The van der Waals surface area contributed by atoms with E-state index in [9.17, 15) is 0 Å². The second-order valence-electron chi connectivity index (χ2n) is 6.25. The SMILES string of the molecule is CCCNc1ncnc(NCC2CCN(C(C)C)C2)c1C. The van der Waals surface area contributed by atoms with Gasteiger partial charge in [-0.25, -0.2) is 9.97 Å². The topological polar surface area (TPSA) is 53.1 Å². The van der Waals surface area contributed by atoms with E-state index in [1.54, 1.807) is 6.33 Å². The summed E-state index contributed by atoms with van der Waals surface area (Å²) in [6, 6.07) is 0.653. The van der Waals surface area contributed by atoms with Gasteiger partial charge in [0.25, 0.3) is 0 Å². The maximum atomic E-state index is 4.39. The van der Waals surface area contributed by atoms with Crippen LogP contribution in [0.25, 0.3) is 0 Å². The summed E-state index contributed by atoms with van der Waals surface area (Å²) < 4.78 is 0. The van der Waals surface area contributed by atoms with E-state index in [2.05, 4.69) is 53.2 Å². The molecular weight excluding hydrogens is 262 g/mol. The number of hydrogen-bond donors (Lipinski definition) is 2. The van der Waals surface area contributed by atoms with Crippen molar-refractivity contribution in [3.05, 3.63) is 11.9 Å². The Morgan fingerprint density at radius 2 is 2.00 bits per heavy atom. The van der Waals surface area contributed by atoms with Crippen molar-refractivity contribution in [2.75, 3.05) is 36.8 Å². The van der Waals surface area contributed by atoms with Gasteiger partial charge in [0.05, 0.1) is 0 Å². The number of anilines is 2. The Bertz CT molecular complexity index is 446. The minimum Gasteiger partial charge on any atom is -0.370 e. The lowest BCUT2D eigenvalue weighted by molar-refractivity contribution is 0.266. The Kier molecular flexibility index (Phi) is 5.79. The number of nitrogens with zero attached hydrogens (tertiary/aromatic N) is 3. The molecule has 0 aromatic carbocycles. The van der Waals surface area contributed by atoms with Gasteiger partial charge in [-0.05, 0) is 46.1 Å². The van der Waals surface area contributed by atoms with E-state index in [1.165, 1.54) is 19.5 Å². The van der Waals surface area contributed by atoms with E-state index in [-0.39, 0.29) is 0 Å². The van der Waals surface area contributed by atoms with E-state index in [1.807, 2.05) is 0 Å². The van der Waals surface area contributed by atoms with Crippen molar-refractivity contribution >= 4 is 11.6 Å². The van der Waals surface area contributed by atoms with Crippen molar-refractivity contribution in [3.8, 4) is 0 Å². The zero-order valence-corrected chi connectivity index (χ0v) is 13.8. The maximum Gasteiger partial charge on any atom is 0.134 e. The summed E-state index contributed by atoms with van der Waals surface area (Å²) in [5.74, 6) is 2.63. The van der Waals surface area contributed by atoms with E-state index >= 15 is 0 Å². The highest BCUT2D eigenvalue weighted by atomic mass is 15.2. The van der Waals surface area contributed by atoms with Crippen LogP contribution in [0.1, 0.15) is 39.2 Å². The van der Waals surface area contributed by atoms with Crippen molar-refractivity contribution in [3.63, 3.8) is 0 Å². The number of rotatable bonds is 7. The van der Waals surface area contributed by atoms with Crippen molar-refractivity contribution < 1.29 is 0 Å². The molecule has 1 saturated heterocycles. The van der Waals surface area contributed by atoms with Crippen molar-refractivity contribution in [2.24, 2.45) is 5.92 Å². The van der Waals surface area contributed by atoms with E-state index in [4.69, 9.17) is 0 Å². The molecule has 0 amide bonds. The van der Waals surface area contributed by atoms with Crippen LogP contribution in [0, 0.1) is 12.8 Å². The lowest BCUT2D eigenvalue weighted by Crippen LogP contribution is -2.29. The fourth-order valence-corrected chi connectivity index (χ4v) is 2.79. The van der Waals surface area contributed by atoms with Gasteiger partial charge in [0.15, 0.2) is 0 Å². The predicted octanol–water partition coefficient (Wildman–Crippen LogP) is 2.75. The Morgan fingerprint density at radius 3 is 2.62 bits per heavy atom. The molecule has 5 heteroatoms. The first kappa shape index (κ1) is 16.0. The first-order valence-corrected chi connectivity index (χ1v) is 8.15. The van der Waals surface area contributed by atoms with Gasteiger partial charge < -0.3 is 15.5 Å². The van der Waals surface area contributed by atoms with Gasteiger partial charge in [-0.2, -0.15) is 0 Å². The minimum absolute atomic E-state index is 0.653. The summed E-state index contributed by atoms with van der Waals surface area (Å²) in [5, 5.41) is 6.87. The van der Waals surface area contributed by atoms with Crippen LogP contribution in [0.15, 0.2) is 6.33 Å². The number of aromatic nitrogens is 2. The fourth-order valence-electron chi connectivity index (χ4n) is 2.79. The zero-order valence-electron chi connectivity index (χ0n) is 13.8. The zero-order chi connectivity index (χ0) is 15.2. The van der Waals surface area contributed by atoms with Gasteiger partial charge in [-0.15, -0.1) is 0 Å². The smallest absolute Gasteiger partial charge is 0.134 e. The first-order valence-electron chi connectivity index (χ1n) is 8.15. The number of nitrogens with one attached hydrogen (secondary N) is 2. The van der Waals surface area contributed by atoms with Crippen LogP contribution in [-0.2, 0) is 0 Å². The molecule has 1 atom stereocenters. The number of hydrogen-bond acceptors (Lipinski definition) is 5. The van der Waals surface area contributed by atoms with Crippen LogP contribution >= 0.6 is 0 Å². The minimum atomic E-state index is 0.653. The molecule has 0 bridgehead atoms. The Hall–Kier alpha value is -1.36. The van der Waals surface area contributed by atoms with Gasteiger partial charge in [0.1, 0.15) is 18.0 Å². The highest BCUT2D eigenvalue weighted by molar-refractivity contribution is 5.56. The molecule has 2 N–H and O–H groups in total. The molecule has 1 aliphatic heterocycles. The van der Waals surface area contributed by atoms with Gasteiger partial charge >= 0.3 is 0 Å². The predicted molar refractivity (Wildman–Crippen MR) is 88.9 cm³/mol. The van der Waals surface area contributed by atoms with Crippen molar-refractivity contribution in [1.29, 1.82) is 0 Å². The quantitative estimate of drug-likeness (QED) is 0.809. The monoisotopic (exact) mass is 291 g/mol. The van der Waals surface area contributed by atoms with Crippen molar-refractivity contribution in [1.82, 2.24) is 14.9 Å². The third-order valence-corrected chi connectivity index (χ3v) is 4.23. The summed E-state index contributed by atoms with van der Waals surface area (Å²) in [7, 11) is 0. The lowest BCUT2D eigenvalue weighted by Gasteiger charge is -2.20. The third kappa shape index (κ3) is 4.30. The lowest BCUT2D eigenvalue weighted by atomic mass is 10.1. The van der Waals surface area contributed by atoms with E-state index in [0.29, 0.717) is 12.0 Å². The molecule has 2 rings (SSSR count). The molecule has 1 aromatic heterocycles. The first-order chi connectivity index (χ1) is 10.1. The van der Waals surface area contributed by atoms with Gasteiger partial charge in [0.2, 0.25) is 0 Å². The Labute approximate surface area is 128 Å². The average molecular weight is 291 g/mol. The van der Waals surface area contributed by atoms with Crippen LogP contribution in [0.3, 0.4) is 0 Å². The van der Waals surface area contributed by atoms with Gasteiger partial charge in [0, 0.05) is 31.2 Å². The molecule has 2 heterocycles. The summed E-state index contributed by atoms with van der Waals surface area (Å²) >= 11 is 0. The number of likely N-dealkylation sites (tertiary alicyclic amines) is 1. The summed E-state index contributed by atoms with van der Waals surface area (Å²) in [5.41, 5.74) is 1.12. The largest absolute Gasteiger partial charge is 0.370 e. The van der Waals surface area contributed by atoms with Crippen LogP contribution in [-0.4, -0.2) is 47.1 Å². The summed E-state index contributed by atoms with van der Waals surface area (Å²) in [4.78, 5) is 11.3. The molecule has 0 saturated carbocycles. The standard InChI is InChI=1S/C16H29N5/c1-5-7-17-15-13(4)16(20-11-19-15)18-9-14-6-8-21(10-14)12(2)3/h11-12,14H,5-10H2,1-4H3,(H2,17,18,19,20). The molecule has 1 unspecified atom stereocenters. The van der Waals surface area contributed by atoms with Gasteiger partial charge in [-0.1, -0.05) is 6.92 Å². The van der Waals surface area contributed by atoms with Gasteiger partial charge in [-0.3, -0.25) is 0 Å². The highest BCUT2D eigenvalue weighted by Gasteiger charge is 2.24. The second kappa shape index (κ2) is 7.59. The summed E-state index contributed by atoms with van der Waals surface area (Å²) in [6.45, 7) is 13.1. The normalized spacial score (nSPS) is 19.2. The molecule has 0 radical (unpaired) electrons. The maximum absolute atomic E-state index is 4.39. The molecule has 21 heavy (non-hydrogen) atoms. The van der Waals surface area contributed by atoms with Crippen LogP contribution in [0.4, 0.5) is 11.6 Å². The third-order valence-electron chi connectivity index (χ3n) is 4.23. The van der Waals surface area contributed by atoms with Crippen LogP contribution in [0.5, 0.6) is 0 Å². The molecule has 5 nitrogen and oxygen atoms in total. The molecule has 0 aliphatic carbocycles. The van der Waals surface area contributed by atoms with E-state index < -0.39 is 0 Å². The summed E-state index contributed by atoms with van der Waals surface area (Å²) in [6.07, 6.45) is 4.01. The van der Waals surface area contributed by atoms with Crippen LogP contribution in [0.2, 0.25) is 0 Å². The van der Waals surface area contributed by atoms with E-state index in [0.717, 1.165) is 36.7 Å². The Morgan fingerprint density at radius 1 is 1.29 bits per heavy atom. The highest BCUT2D eigenvalue weighted by Crippen LogP contribution is 2.21. The molecule has 1 aromatic rings. The second-order valence-corrected chi connectivity index (χ2v) is 6.25. The fraction of sp³-hybridized carbons (Fsp3) is 0.750. The van der Waals surface area contributed by atoms with Crippen LogP contribution < -0.4 is 10.6 Å². The molecule has 1 aliphatic rings. The molecular formula is C16H29N5.